The van der Waals surface area contributed by atoms with Crippen LogP contribution in [0.2, 0.25) is 0 Å². The van der Waals surface area contributed by atoms with Gasteiger partial charge in [-0.3, -0.25) is 13.9 Å². The van der Waals surface area contributed by atoms with Gasteiger partial charge in [-0.05, 0) is 86.8 Å². The number of carbonyl (C=O) groups excluding carboxylic acids is 2. The zero-order valence-corrected chi connectivity index (χ0v) is 26.4. The van der Waals surface area contributed by atoms with Crippen LogP contribution >= 0.6 is 15.9 Å². The van der Waals surface area contributed by atoms with Crippen LogP contribution in [0.4, 0.5) is 5.69 Å². The SMILES string of the molecule is CCCCNC(=O)[C@@H](C)N(Cc1ccccc1C)C(=O)CN(c1ccc(OCC)cc1)S(=O)(=O)c1ccc(Br)cc1. The van der Waals surface area contributed by atoms with E-state index in [1.54, 1.807) is 43.3 Å². The van der Waals surface area contributed by atoms with E-state index in [1.807, 2.05) is 45.0 Å². The van der Waals surface area contributed by atoms with Gasteiger partial charge >= 0.3 is 0 Å². The summed E-state index contributed by atoms with van der Waals surface area (Å²) in [5, 5.41) is 2.90. The molecule has 0 unspecified atom stereocenters. The van der Waals surface area contributed by atoms with Gasteiger partial charge in [0.1, 0.15) is 18.3 Å². The number of unbranched alkanes of at least 4 members (excludes halogenated alkanes) is 1. The standard InChI is InChI=1S/C31H38BrN3O5S/c1-5-7-20-33-31(37)24(4)34(21-25-11-9-8-10-23(25)3)30(36)22-35(27-14-16-28(17-15-27)40-6-2)41(38,39)29-18-12-26(32)13-19-29/h8-19,24H,5-7,20-22H2,1-4H3,(H,33,37)/t24-/m1/s1. The molecule has 1 atom stereocenters. The summed E-state index contributed by atoms with van der Waals surface area (Å²) in [4.78, 5) is 28.6. The molecule has 3 aromatic carbocycles. The van der Waals surface area contributed by atoms with Crippen molar-refractivity contribution >= 4 is 43.5 Å². The van der Waals surface area contributed by atoms with Gasteiger partial charge < -0.3 is 15.0 Å². The molecule has 0 saturated heterocycles. The van der Waals surface area contributed by atoms with E-state index in [0.717, 1.165) is 32.7 Å². The van der Waals surface area contributed by atoms with Gasteiger partial charge in [0.25, 0.3) is 10.0 Å². The summed E-state index contributed by atoms with van der Waals surface area (Å²) in [5.74, 6) is -0.202. The van der Waals surface area contributed by atoms with Crippen LogP contribution in [0, 0.1) is 6.92 Å². The third-order valence-electron chi connectivity index (χ3n) is 6.72. The van der Waals surface area contributed by atoms with Crippen LogP contribution in [0.5, 0.6) is 5.75 Å². The lowest BCUT2D eigenvalue weighted by atomic mass is 10.1. The third kappa shape index (κ3) is 8.56. The molecule has 0 saturated carbocycles. The highest BCUT2D eigenvalue weighted by molar-refractivity contribution is 9.10. The summed E-state index contributed by atoms with van der Waals surface area (Å²) >= 11 is 3.34. The van der Waals surface area contributed by atoms with Crippen molar-refractivity contribution in [2.45, 2.75) is 58.0 Å². The van der Waals surface area contributed by atoms with E-state index < -0.39 is 28.5 Å². The summed E-state index contributed by atoms with van der Waals surface area (Å²) in [6, 6.07) is 19.6. The molecule has 0 aliphatic heterocycles. The molecule has 41 heavy (non-hydrogen) atoms. The Morgan fingerprint density at radius 3 is 2.24 bits per heavy atom. The molecule has 2 amide bonds. The van der Waals surface area contributed by atoms with Crippen LogP contribution in [0.3, 0.4) is 0 Å². The normalized spacial score (nSPS) is 11.9. The molecule has 0 aromatic heterocycles. The van der Waals surface area contributed by atoms with Gasteiger partial charge in [0.05, 0.1) is 17.2 Å². The molecule has 0 bridgehead atoms. The average molecular weight is 645 g/mol. The maximum absolute atomic E-state index is 14.0. The Morgan fingerprint density at radius 1 is 0.976 bits per heavy atom. The molecule has 1 N–H and O–H groups in total. The maximum atomic E-state index is 14.0. The first-order valence-electron chi connectivity index (χ1n) is 13.7. The molecule has 0 aliphatic carbocycles. The molecule has 0 spiro atoms. The number of nitrogens with one attached hydrogen (secondary N) is 1. The van der Waals surface area contributed by atoms with Crippen molar-refractivity contribution in [2.75, 3.05) is 24.0 Å². The summed E-state index contributed by atoms with van der Waals surface area (Å²) in [6.07, 6.45) is 1.74. The van der Waals surface area contributed by atoms with E-state index in [9.17, 15) is 18.0 Å². The molecular formula is C31H38BrN3O5S. The van der Waals surface area contributed by atoms with Gasteiger partial charge in [0.15, 0.2) is 0 Å². The van der Waals surface area contributed by atoms with E-state index in [2.05, 4.69) is 21.2 Å². The molecule has 8 nitrogen and oxygen atoms in total. The number of amides is 2. The first kappa shape index (κ1) is 32.1. The van der Waals surface area contributed by atoms with Gasteiger partial charge in [-0.2, -0.15) is 0 Å². The van der Waals surface area contributed by atoms with Crippen LogP contribution < -0.4 is 14.4 Å². The first-order chi connectivity index (χ1) is 19.6. The number of nitrogens with zero attached hydrogens (tertiary/aromatic N) is 2. The Balaban J connectivity index is 2.01. The predicted molar refractivity (Wildman–Crippen MR) is 165 cm³/mol. The van der Waals surface area contributed by atoms with E-state index in [1.165, 1.54) is 17.0 Å². The maximum Gasteiger partial charge on any atom is 0.264 e. The number of benzene rings is 3. The minimum absolute atomic E-state index is 0.0400. The summed E-state index contributed by atoms with van der Waals surface area (Å²) in [6.45, 7) is 8.13. The quantitative estimate of drug-likeness (QED) is 0.228. The highest BCUT2D eigenvalue weighted by atomic mass is 79.9. The summed E-state index contributed by atoms with van der Waals surface area (Å²) < 4.78 is 35.2. The molecule has 0 radical (unpaired) electrons. The van der Waals surface area contributed by atoms with Gasteiger partial charge in [0.2, 0.25) is 11.8 Å². The van der Waals surface area contributed by atoms with Crippen molar-refractivity contribution in [1.29, 1.82) is 0 Å². The second kappa shape index (κ2) is 15.0. The van der Waals surface area contributed by atoms with Gasteiger partial charge in [-0.1, -0.05) is 53.5 Å². The number of ether oxygens (including phenoxy) is 1. The number of sulfonamides is 1. The fourth-order valence-corrected chi connectivity index (χ4v) is 5.91. The molecule has 0 fully saturated rings. The Kier molecular flexibility index (Phi) is 11.8. The molecular weight excluding hydrogens is 606 g/mol. The average Bonchev–Trinajstić information content (AvgIpc) is 2.96. The number of halogens is 1. The lowest BCUT2D eigenvalue weighted by Gasteiger charge is -2.32. The summed E-state index contributed by atoms with van der Waals surface area (Å²) in [7, 11) is -4.15. The number of hydrogen-bond donors (Lipinski definition) is 1. The topological polar surface area (TPSA) is 96.0 Å². The molecule has 220 valence electrons. The fourth-order valence-electron chi connectivity index (χ4n) is 4.23. The zero-order chi connectivity index (χ0) is 30.0. The van der Waals surface area contributed by atoms with E-state index in [0.29, 0.717) is 24.6 Å². The smallest absolute Gasteiger partial charge is 0.264 e. The predicted octanol–water partition coefficient (Wildman–Crippen LogP) is 5.69. The molecule has 0 aliphatic rings. The minimum atomic E-state index is -4.15. The lowest BCUT2D eigenvalue weighted by molar-refractivity contribution is -0.139. The minimum Gasteiger partial charge on any atom is -0.494 e. The van der Waals surface area contributed by atoms with E-state index >= 15 is 0 Å². The Labute approximate surface area is 251 Å². The largest absolute Gasteiger partial charge is 0.494 e. The third-order valence-corrected chi connectivity index (χ3v) is 9.03. The first-order valence-corrected chi connectivity index (χ1v) is 15.9. The molecule has 3 rings (SSSR count). The molecule has 3 aromatic rings. The van der Waals surface area contributed by atoms with Crippen LogP contribution in [0.1, 0.15) is 44.7 Å². The number of rotatable bonds is 14. The van der Waals surface area contributed by atoms with Crippen molar-refractivity contribution in [3.05, 3.63) is 88.4 Å². The van der Waals surface area contributed by atoms with E-state index in [4.69, 9.17) is 4.74 Å². The number of hydrogen-bond acceptors (Lipinski definition) is 5. The molecule has 0 heterocycles. The van der Waals surface area contributed by atoms with Crippen LogP contribution in [0.25, 0.3) is 0 Å². The molecule has 10 heteroatoms. The highest BCUT2D eigenvalue weighted by Gasteiger charge is 2.32. The van der Waals surface area contributed by atoms with Crippen molar-refractivity contribution in [3.8, 4) is 5.75 Å². The van der Waals surface area contributed by atoms with Gasteiger partial charge in [-0.25, -0.2) is 8.42 Å². The van der Waals surface area contributed by atoms with Gasteiger partial charge in [-0.15, -0.1) is 0 Å². The highest BCUT2D eigenvalue weighted by Crippen LogP contribution is 2.27. The Bertz CT molecular complexity index is 1410. The van der Waals surface area contributed by atoms with Crippen molar-refractivity contribution in [3.63, 3.8) is 0 Å². The fraction of sp³-hybridized carbons (Fsp3) is 0.355. The number of aryl methyl sites for hydroxylation is 1. The second-order valence-electron chi connectivity index (χ2n) is 9.66. The Hall–Kier alpha value is -3.37. The van der Waals surface area contributed by atoms with Crippen molar-refractivity contribution < 1.29 is 22.7 Å². The second-order valence-corrected chi connectivity index (χ2v) is 12.4. The van der Waals surface area contributed by atoms with Crippen LogP contribution in [-0.2, 0) is 26.2 Å². The van der Waals surface area contributed by atoms with E-state index in [-0.39, 0.29) is 17.3 Å². The number of anilines is 1. The monoisotopic (exact) mass is 643 g/mol. The lowest BCUT2D eigenvalue weighted by Crippen LogP contribution is -2.51. The van der Waals surface area contributed by atoms with Crippen molar-refractivity contribution in [1.82, 2.24) is 10.2 Å². The van der Waals surface area contributed by atoms with Crippen LogP contribution in [-0.4, -0.2) is 50.9 Å². The summed E-state index contributed by atoms with van der Waals surface area (Å²) in [5.41, 5.74) is 2.15. The zero-order valence-electron chi connectivity index (χ0n) is 24.0. The van der Waals surface area contributed by atoms with Crippen molar-refractivity contribution in [2.24, 2.45) is 0 Å². The Morgan fingerprint density at radius 2 is 1.63 bits per heavy atom. The number of carbonyl (C=O) groups is 2. The van der Waals surface area contributed by atoms with Crippen LogP contribution in [0.15, 0.2) is 82.2 Å². The van der Waals surface area contributed by atoms with Gasteiger partial charge in [0, 0.05) is 17.6 Å².